The molecule has 0 aliphatic carbocycles. The predicted octanol–water partition coefficient (Wildman–Crippen LogP) is 3.72. The summed E-state index contributed by atoms with van der Waals surface area (Å²) in [4.78, 5) is 2.41. The molecule has 0 radical (unpaired) electrons. The van der Waals surface area contributed by atoms with Crippen molar-refractivity contribution in [3.63, 3.8) is 0 Å². The molecule has 106 valence electrons. The molecule has 0 amide bonds. The molecule has 1 heterocycles. The van der Waals surface area contributed by atoms with Crippen LogP contribution in [0.25, 0.3) is 0 Å². The molecule has 0 unspecified atom stereocenters. The number of hydrogen-bond acceptors (Lipinski definition) is 2. The van der Waals surface area contributed by atoms with Crippen LogP contribution in [-0.4, -0.2) is 31.1 Å². The lowest BCUT2D eigenvalue weighted by atomic mass is 9.98. The third-order valence-electron chi connectivity index (χ3n) is 3.76. The molecule has 19 heavy (non-hydrogen) atoms. The van der Waals surface area contributed by atoms with Gasteiger partial charge in [-0.3, -0.25) is 4.90 Å². The van der Waals surface area contributed by atoms with Gasteiger partial charge < -0.3 is 5.32 Å². The smallest absolute Gasteiger partial charge is 0.129 e. The van der Waals surface area contributed by atoms with Crippen LogP contribution in [0.2, 0.25) is 0 Å². The summed E-state index contributed by atoms with van der Waals surface area (Å²) in [5.74, 6) is -0.0889. The van der Waals surface area contributed by atoms with Crippen LogP contribution >= 0.6 is 15.9 Å². The third-order valence-corrected chi connectivity index (χ3v) is 4.45. The lowest BCUT2D eigenvalue weighted by Crippen LogP contribution is -2.45. The van der Waals surface area contributed by atoms with E-state index in [4.69, 9.17) is 0 Å². The Balaban J connectivity index is 2.25. The minimum absolute atomic E-state index is 0.0889. The van der Waals surface area contributed by atoms with Gasteiger partial charge in [0.25, 0.3) is 0 Å². The highest BCUT2D eigenvalue weighted by Crippen LogP contribution is 2.33. The van der Waals surface area contributed by atoms with Gasteiger partial charge in [-0.05, 0) is 18.6 Å². The molecule has 1 aliphatic heterocycles. The number of unbranched alkanes of at least 4 members (excludes halogenated alkanes) is 1. The maximum Gasteiger partial charge on any atom is 0.129 e. The first-order valence-corrected chi connectivity index (χ1v) is 7.92. The molecule has 2 nitrogen and oxygen atoms in total. The van der Waals surface area contributed by atoms with Crippen molar-refractivity contribution in [2.75, 3.05) is 26.2 Å². The first kappa shape index (κ1) is 14.9. The molecule has 1 fully saturated rings. The molecular formula is C15H22BrFN2. The second-order valence-corrected chi connectivity index (χ2v) is 5.93. The van der Waals surface area contributed by atoms with E-state index in [0.717, 1.165) is 55.5 Å². The van der Waals surface area contributed by atoms with Crippen molar-refractivity contribution in [1.82, 2.24) is 10.2 Å². The molecule has 1 atom stereocenters. The Kier molecular flexibility index (Phi) is 5.79. The van der Waals surface area contributed by atoms with Gasteiger partial charge in [0.1, 0.15) is 5.82 Å². The van der Waals surface area contributed by atoms with E-state index in [0.29, 0.717) is 0 Å². The Labute approximate surface area is 123 Å². The zero-order chi connectivity index (χ0) is 13.7. The standard InChI is InChI=1S/C15H22BrFN2/c1-2-3-7-14(19-10-8-18-9-11-19)15-12(16)5-4-6-13(15)17/h4-6,14,18H,2-3,7-11H2,1H3/t14-/m1/s1. The van der Waals surface area contributed by atoms with E-state index in [1.54, 1.807) is 12.1 Å². The van der Waals surface area contributed by atoms with Crippen LogP contribution in [-0.2, 0) is 0 Å². The van der Waals surface area contributed by atoms with Gasteiger partial charge in [0.15, 0.2) is 0 Å². The molecule has 1 aromatic carbocycles. The number of piperazine rings is 1. The molecule has 1 aliphatic rings. The molecular weight excluding hydrogens is 307 g/mol. The van der Waals surface area contributed by atoms with Gasteiger partial charge in [0.2, 0.25) is 0 Å². The lowest BCUT2D eigenvalue weighted by Gasteiger charge is -2.36. The second-order valence-electron chi connectivity index (χ2n) is 5.08. The van der Waals surface area contributed by atoms with Crippen molar-refractivity contribution in [3.8, 4) is 0 Å². The molecule has 0 spiro atoms. The predicted molar refractivity (Wildman–Crippen MR) is 80.8 cm³/mol. The van der Waals surface area contributed by atoms with E-state index in [9.17, 15) is 4.39 Å². The Morgan fingerprint density at radius 3 is 2.74 bits per heavy atom. The zero-order valence-electron chi connectivity index (χ0n) is 11.5. The van der Waals surface area contributed by atoms with E-state index in [1.165, 1.54) is 0 Å². The fourth-order valence-electron chi connectivity index (χ4n) is 2.73. The summed E-state index contributed by atoms with van der Waals surface area (Å²) in [5.41, 5.74) is 0.831. The Morgan fingerprint density at radius 2 is 2.11 bits per heavy atom. The zero-order valence-corrected chi connectivity index (χ0v) is 13.0. The van der Waals surface area contributed by atoms with Crippen LogP contribution < -0.4 is 5.32 Å². The summed E-state index contributed by atoms with van der Waals surface area (Å²) < 4.78 is 15.1. The van der Waals surface area contributed by atoms with Crippen LogP contribution in [0.1, 0.15) is 37.8 Å². The van der Waals surface area contributed by atoms with Crippen LogP contribution in [0.4, 0.5) is 4.39 Å². The first-order chi connectivity index (χ1) is 9.24. The third kappa shape index (κ3) is 3.77. The van der Waals surface area contributed by atoms with E-state index in [1.807, 2.05) is 6.07 Å². The molecule has 1 aromatic rings. The lowest BCUT2D eigenvalue weighted by molar-refractivity contribution is 0.159. The van der Waals surface area contributed by atoms with Gasteiger partial charge in [-0.15, -0.1) is 0 Å². The van der Waals surface area contributed by atoms with Crippen molar-refractivity contribution in [1.29, 1.82) is 0 Å². The summed E-state index contributed by atoms with van der Waals surface area (Å²) >= 11 is 3.52. The maximum absolute atomic E-state index is 14.2. The number of benzene rings is 1. The quantitative estimate of drug-likeness (QED) is 0.886. The molecule has 0 bridgehead atoms. The van der Waals surface area contributed by atoms with Gasteiger partial charge in [0.05, 0.1) is 0 Å². The van der Waals surface area contributed by atoms with E-state index < -0.39 is 0 Å². The van der Waals surface area contributed by atoms with Crippen molar-refractivity contribution in [3.05, 3.63) is 34.1 Å². The summed E-state index contributed by atoms with van der Waals surface area (Å²) in [6.45, 7) is 6.17. The van der Waals surface area contributed by atoms with Crippen LogP contribution in [0.3, 0.4) is 0 Å². The normalized spacial score (nSPS) is 18.5. The van der Waals surface area contributed by atoms with Crippen molar-refractivity contribution in [2.24, 2.45) is 0 Å². The minimum Gasteiger partial charge on any atom is -0.314 e. The second kappa shape index (κ2) is 7.36. The molecule has 2 rings (SSSR count). The maximum atomic E-state index is 14.2. The Hall–Kier alpha value is -0.450. The monoisotopic (exact) mass is 328 g/mol. The average molecular weight is 329 g/mol. The van der Waals surface area contributed by atoms with E-state index >= 15 is 0 Å². The molecule has 4 heteroatoms. The van der Waals surface area contributed by atoms with E-state index in [-0.39, 0.29) is 11.9 Å². The largest absolute Gasteiger partial charge is 0.314 e. The van der Waals surface area contributed by atoms with Gasteiger partial charge in [-0.1, -0.05) is 41.8 Å². The number of rotatable bonds is 5. The van der Waals surface area contributed by atoms with Crippen molar-refractivity contribution < 1.29 is 4.39 Å². The molecule has 1 N–H and O–H groups in total. The SMILES string of the molecule is CCCC[C@H](c1c(F)cccc1Br)N1CCNCC1. The Bertz CT molecular complexity index is 385. The van der Waals surface area contributed by atoms with Crippen molar-refractivity contribution in [2.45, 2.75) is 32.2 Å². The number of hydrogen-bond donors (Lipinski definition) is 1. The summed E-state index contributed by atoms with van der Waals surface area (Å²) in [7, 11) is 0. The topological polar surface area (TPSA) is 15.3 Å². The fourth-order valence-corrected chi connectivity index (χ4v) is 3.34. The van der Waals surface area contributed by atoms with Gasteiger partial charge in [-0.2, -0.15) is 0 Å². The molecule has 0 saturated carbocycles. The van der Waals surface area contributed by atoms with Crippen molar-refractivity contribution >= 4 is 15.9 Å². The highest BCUT2D eigenvalue weighted by molar-refractivity contribution is 9.10. The van der Waals surface area contributed by atoms with E-state index in [2.05, 4.69) is 33.1 Å². The number of nitrogens with zero attached hydrogens (tertiary/aromatic N) is 1. The highest BCUT2D eigenvalue weighted by atomic mass is 79.9. The summed E-state index contributed by atoms with van der Waals surface area (Å²) in [5, 5.41) is 3.36. The van der Waals surface area contributed by atoms with Crippen LogP contribution in [0.5, 0.6) is 0 Å². The van der Waals surface area contributed by atoms with Gasteiger partial charge in [-0.25, -0.2) is 4.39 Å². The number of nitrogens with one attached hydrogen (secondary N) is 1. The van der Waals surface area contributed by atoms with Gasteiger partial charge in [0, 0.05) is 42.3 Å². The van der Waals surface area contributed by atoms with Crippen LogP contribution in [0.15, 0.2) is 22.7 Å². The minimum atomic E-state index is -0.0889. The molecule has 0 aromatic heterocycles. The Morgan fingerprint density at radius 1 is 1.37 bits per heavy atom. The average Bonchev–Trinajstić information content (AvgIpc) is 2.43. The number of halogens is 2. The first-order valence-electron chi connectivity index (χ1n) is 7.12. The summed E-state index contributed by atoms with van der Waals surface area (Å²) in [6, 6.07) is 5.47. The fraction of sp³-hybridized carbons (Fsp3) is 0.600. The molecule has 1 saturated heterocycles. The highest BCUT2D eigenvalue weighted by Gasteiger charge is 2.25. The summed E-state index contributed by atoms with van der Waals surface area (Å²) in [6.07, 6.45) is 3.31. The van der Waals surface area contributed by atoms with Gasteiger partial charge >= 0.3 is 0 Å². The van der Waals surface area contributed by atoms with Crippen LogP contribution in [0, 0.1) is 5.82 Å².